The summed E-state index contributed by atoms with van der Waals surface area (Å²) >= 11 is 0. The van der Waals surface area contributed by atoms with Crippen LogP contribution in [0.2, 0.25) is 0 Å². The summed E-state index contributed by atoms with van der Waals surface area (Å²) in [4.78, 5) is 9.75. The van der Waals surface area contributed by atoms with E-state index in [0.717, 1.165) is 50.4 Å². The summed E-state index contributed by atoms with van der Waals surface area (Å²) in [5.41, 5.74) is 9.56. The topological polar surface area (TPSA) is 45.4 Å². The molecule has 1 saturated heterocycles. The number of aromatic nitrogens is 1. The molecule has 2 N–H and O–H groups in total. The molecular formula is C18H26N4. The van der Waals surface area contributed by atoms with Crippen LogP contribution in [0.25, 0.3) is 10.9 Å². The number of hydrogen-bond acceptors (Lipinski definition) is 4. The Morgan fingerprint density at radius 3 is 2.59 bits per heavy atom. The van der Waals surface area contributed by atoms with Gasteiger partial charge in [-0.25, -0.2) is 4.98 Å². The predicted molar refractivity (Wildman–Crippen MR) is 93.6 cm³/mol. The fraction of sp³-hybridized carbons (Fsp3) is 0.500. The van der Waals surface area contributed by atoms with Crippen molar-refractivity contribution >= 4 is 16.7 Å². The molecule has 1 aliphatic heterocycles. The minimum Gasteiger partial charge on any atom is -0.354 e. The van der Waals surface area contributed by atoms with Crippen molar-refractivity contribution in [2.45, 2.75) is 19.8 Å². The van der Waals surface area contributed by atoms with Gasteiger partial charge in [0.1, 0.15) is 5.82 Å². The van der Waals surface area contributed by atoms with Crippen LogP contribution in [0, 0.1) is 0 Å². The number of pyridine rings is 1. The lowest BCUT2D eigenvalue weighted by Gasteiger charge is -2.34. The Morgan fingerprint density at radius 2 is 1.91 bits per heavy atom. The second-order valence-electron chi connectivity index (χ2n) is 6.18. The number of benzene rings is 1. The minimum atomic E-state index is 0.668. The standard InChI is InChI=1S/C18H26N4/c1-3-14-4-5-17-16(12-14)13-15(6-7-19)18(20-17)22-10-8-21(2)9-11-22/h4-5,12-13H,3,6-11,19H2,1-2H3. The molecule has 0 atom stereocenters. The van der Waals surface area contributed by atoms with Crippen molar-refractivity contribution in [3.8, 4) is 0 Å². The van der Waals surface area contributed by atoms with E-state index in [1.54, 1.807) is 0 Å². The maximum Gasteiger partial charge on any atom is 0.132 e. The third-order valence-electron chi connectivity index (χ3n) is 4.56. The molecule has 0 spiro atoms. The van der Waals surface area contributed by atoms with E-state index in [9.17, 15) is 0 Å². The van der Waals surface area contributed by atoms with E-state index in [4.69, 9.17) is 10.7 Å². The van der Waals surface area contributed by atoms with Crippen LogP contribution in [-0.2, 0) is 12.8 Å². The van der Waals surface area contributed by atoms with E-state index in [2.05, 4.69) is 48.0 Å². The first-order chi connectivity index (χ1) is 10.7. The van der Waals surface area contributed by atoms with Gasteiger partial charge in [0.05, 0.1) is 5.52 Å². The molecule has 0 bridgehead atoms. The first kappa shape index (κ1) is 15.3. The molecule has 4 nitrogen and oxygen atoms in total. The number of fused-ring (bicyclic) bond motifs is 1. The second-order valence-corrected chi connectivity index (χ2v) is 6.18. The smallest absolute Gasteiger partial charge is 0.132 e. The molecule has 1 fully saturated rings. The van der Waals surface area contributed by atoms with Gasteiger partial charge in [0.25, 0.3) is 0 Å². The number of aryl methyl sites for hydroxylation is 1. The normalized spacial score (nSPS) is 16.4. The van der Waals surface area contributed by atoms with E-state index in [1.807, 2.05) is 0 Å². The van der Waals surface area contributed by atoms with E-state index in [1.165, 1.54) is 16.5 Å². The van der Waals surface area contributed by atoms with Crippen molar-refractivity contribution in [1.29, 1.82) is 0 Å². The Labute approximate surface area is 132 Å². The van der Waals surface area contributed by atoms with E-state index < -0.39 is 0 Å². The van der Waals surface area contributed by atoms with Gasteiger partial charge in [-0.15, -0.1) is 0 Å². The van der Waals surface area contributed by atoms with E-state index in [0.29, 0.717) is 6.54 Å². The fourth-order valence-corrected chi connectivity index (χ4v) is 3.11. The summed E-state index contributed by atoms with van der Waals surface area (Å²) in [6, 6.07) is 8.89. The Morgan fingerprint density at radius 1 is 1.14 bits per heavy atom. The molecule has 0 amide bonds. The molecule has 3 rings (SSSR count). The molecule has 0 aliphatic carbocycles. The number of nitrogens with zero attached hydrogens (tertiary/aromatic N) is 3. The van der Waals surface area contributed by atoms with Gasteiger partial charge in [0, 0.05) is 31.6 Å². The zero-order valence-electron chi connectivity index (χ0n) is 13.7. The summed E-state index contributed by atoms with van der Waals surface area (Å²) in [5.74, 6) is 1.13. The van der Waals surface area contributed by atoms with Crippen molar-refractivity contribution < 1.29 is 0 Å². The van der Waals surface area contributed by atoms with Gasteiger partial charge in [-0.3, -0.25) is 0 Å². The van der Waals surface area contributed by atoms with Crippen molar-refractivity contribution in [1.82, 2.24) is 9.88 Å². The Hall–Kier alpha value is -1.65. The molecule has 2 heterocycles. The zero-order valence-corrected chi connectivity index (χ0v) is 13.7. The van der Waals surface area contributed by atoms with Crippen LogP contribution in [0.1, 0.15) is 18.1 Å². The third-order valence-corrected chi connectivity index (χ3v) is 4.56. The van der Waals surface area contributed by atoms with Gasteiger partial charge in [0.15, 0.2) is 0 Å². The molecule has 0 radical (unpaired) electrons. The zero-order chi connectivity index (χ0) is 15.5. The lowest BCUT2D eigenvalue weighted by Crippen LogP contribution is -2.45. The average Bonchev–Trinajstić information content (AvgIpc) is 2.55. The summed E-state index contributed by atoms with van der Waals surface area (Å²) in [5, 5.41) is 1.24. The maximum atomic E-state index is 5.83. The van der Waals surface area contributed by atoms with Gasteiger partial charge in [0.2, 0.25) is 0 Å². The average molecular weight is 298 g/mol. The molecule has 2 aromatic rings. The largest absolute Gasteiger partial charge is 0.354 e. The van der Waals surface area contributed by atoms with Crippen LogP contribution in [0.4, 0.5) is 5.82 Å². The quantitative estimate of drug-likeness (QED) is 0.938. The minimum absolute atomic E-state index is 0.668. The van der Waals surface area contributed by atoms with Crippen LogP contribution < -0.4 is 10.6 Å². The monoisotopic (exact) mass is 298 g/mol. The lowest BCUT2D eigenvalue weighted by molar-refractivity contribution is 0.312. The Bertz CT molecular complexity index is 645. The van der Waals surface area contributed by atoms with Gasteiger partial charge < -0.3 is 15.5 Å². The summed E-state index contributed by atoms with van der Waals surface area (Å²) in [6.07, 6.45) is 1.95. The number of likely N-dealkylation sites (N-methyl/N-ethyl adjacent to an activating group) is 1. The van der Waals surface area contributed by atoms with Gasteiger partial charge >= 0.3 is 0 Å². The Kier molecular flexibility index (Phi) is 4.60. The van der Waals surface area contributed by atoms with Crippen molar-refractivity contribution in [2.24, 2.45) is 5.73 Å². The van der Waals surface area contributed by atoms with Gasteiger partial charge in [-0.1, -0.05) is 13.0 Å². The van der Waals surface area contributed by atoms with E-state index >= 15 is 0 Å². The summed E-state index contributed by atoms with van der Waals surface area (Å²) in [6.45, 7) is 7.13. The van der Waals surface area contributed by atoms with Gasteiger partial charge in [-0.05, 0) is 55.8 Å². The molecule has 118 valence electrons. The first-order valence-corrected chi connectivity index (χ1v) is 8.27. The molecular weight excluding hydrogens is 272 g/mol. The van der Waals surface area contributed by atoms with Crippen LogP contribution in [-0.4, -0.2) is 49.7 Å². The van der Waals surface area contributed by atoms with Crippen LogP contribution in [0.3, 0.4) is 0 Å². The molecule has 1 aromatic carbocycles. The highest BCUT2D eigenvalue weighted by atomic mass is 15.3. The second kappa shape index (κ2) is 6.63. The highest BCUT2D eigenvalue weighted by molar-refractivity contribution is 5.82. The van der Waals surface area contributed by atoms with Crippen LogP contribution in [0.5, 0.6) is 0 Å². The molecule has 1 aliphatic rings. The highest BCUT2D eigenvalue weighted by Gasteiger charge is 2.18. The van der Waals surface area contributed by atoms with Crippen LogP contribution >= 0.6 is 0 Å². The van der Waals surface area contributed by atoms with Crippen molar-refractivity contribution in [3.05, 3.63) is 35.4 Å². The number of piperazine rings is 1. The first-order valence-electron chi connectivity index (χ1n) is 8.27. The highest BCUT2D eigenvalue weighted by Crippen LogP contribution is 2.26. The molecule has 4 heteroatoms. The molecule has 1 aromatic heterocycles. The number of anilines is 1. The van der Waals surface area contributed by atoms with Gasteiger partial charge in [-0.2, -0.15) is 0 Å². The van der Waals surface area contributed by atoms with E-state index in [-0.39, 0.29) is 0 Å². The predicted octanol–water partition coefficient (Wildman–Crippen LogP) is 2.05. The molecule has 0 saturated carbocycles. The van der Waals surface area contributed by atoms with Crippen molar-refractivity contribution in [2.75, 3.05) is 44.7 Å². The SMILES string of the molecule is CCc1ccc2nc(N3CCN(C)CC3)c(CCN)cc2c1. The molecule has 0 unspecified atom stereocenters. The van der Waals surface area contributed by atoms with Crippen molar-refractivity contribution in [3.63, 3.8) is 0 Å². The lowest BCUT2D eigenvalue weighted by atomic mass is 10.0. The number of rotatable bonds is 4. The number of nitrogens with two attached hydrogens (primary N) is 1. The third kappa shape index (κ3) is 3.08. The molecule has 22 heavy (non-hydrogen) atoms. The van der Waals surface area contributed by atoms with Crippen LogP contribution in [0.15, 0.2) is 24.3 Å². The number of hydrogen-bond donors (Lipinski definition) is 1. The summed E-state index contributed by atoms with van der Waals surface area (Å²) < 4.78 is 0. The fourth-order valence-electron chi connectivity index (χ4n) is 3.11. The Balaban J connectivity index is 2.01. The summed E-state index contributed by atoms with van der Waals surface area (Å²) in [7, 11) is 2.18. The maximum absolute atomic E-state index is 5.83.